The van der Waals surface area contributed by atoms with Gasteiger partial charge in [0.2, 0.25) is 0 Å². The van der Waals surface area contributed by atoms with Gasteiger partial charge in [0.15, 0.2) is 0 Å². The van der Waals surface area contributed by atoms with E-state index in [9.17, 15) is 9.59 Å². The highest BCUT2D eigenvalue weighted by Gasteiger charge is 2.59. The highest BCUT2D eigenvalue weighted by Crippen LogP contribution is 2.64. The first-order valence-electron chi connectivity index (χ1n) is 9.07. The minimum Gasteiger partial charge on any atom is -0.469 e. The maximum Gasteiger partial charge on any atom is 0.311 e. The fraction of sp³-hybridized carbons (Fsp3) is 0.800. The molecule has 3 nitrogen and oxygen atoms in total. The van der Waals surface area contributed by atoms with Crippen LogP contribution in [0.5, 0.6) is 0 Å². The van der Waals surface area contributed by atoms with Crippen LogP contribution in [0.4, 0.5) is 0 Å². The molecule has 5 atom stereocenters. The van der Waals surface area contributed by atoms with E-state index in [1.54, 1.807) is 0 Å². The third kappa shape index (κ3) is 2.22. The van der Waals surface area contributed by atoms with Gasteiger partial charge in [-0.3, -0.25) is 4.79 Å². The van der Waals surface area contributed by atoms with Crippen molar-refractivity contribution >= 4 is 12.3 Å². The van der Waals surface area contributed by atoms with Gasteiger partial charge in [0.05, 0.1) is 12.5 Å². The van der Waals surface area contributed by atoms with E-state index < -0.39 is 0 Å². The van der Waals surface area contributed by atoms with Crippen LogP contribution in [0.15, 0.2) is 11.6 Å². The largest absolute Gasteiger partial charge is 0.469 e. The fourth-order valence-electron chi connectivity index (χ4n) is 6.14. The third-order valence-corrected chi connectivity index (χ3v) is 7.47. The molecule has 0 aromatic heterocycles. The Bertz CT molecular complexity index is 551. The number of ether oxygens (including phenoxy) is 1. The summed E-state index contributed by atoms with van der Waals surface area (Å²) in [6.07, 6.45) is 10.7. The molecular weight excluding hydrogens is 288 g/mol. The molecule has 2 saturated carbocycles. The summed E-state index contributed by atoms with van der Waals surface area (Å²) in [5.41, 5.74) is 0.888. The van der Waals surface area contributed by atoms with Crippen LogP contribution in [0, 0.1) is 28.1 Å². The van der Waals surface area contributed by atoms with Crippen molar-refractivity contribution in [3.8, 4) is 0 Å². The summed E-state index contributed by atoms with van der Waals surface area (Å²) in [6.45, 7) is 6.57. The summed E-state index contributed by atoms with van der Waals surface area (Å²) in [5, 5.41) is 0. The molecule has 3 rings (SSSR count). The lowest BCUT2D eigenvalue weighted by Crippen LogP contribution is -2.54. The summed E-state index contributed by atoms with van der Waals surface area (Å²) < 4.78 is 5.17. The standard InChI is InChI=1S/C20H30O3/c1-18(13-21)10-5-7-15-14(18)8-9-16-19(15,2)11-6-12-20(16,3)17(22)23-4/h7,13-14,16H,5-6,8-12H2,1-4H3/t14-,16+,18-,19+,20-/m1/s1. The second kappa shape index (κ2) is 5.46. The molecule has 3 aliphatic carbocycles. The van der Waals surface area contributed by atoms with Gasteiger partial charge in [0.1, 0.15) is 6.29 Å². The molecule has 2 fully saturated rings. The maximum absolute atomic E-state index is 12.5. The number of allylic oxidation sites excluding steroid dienone is 2. The first-order valence-corrected chi connectivity index (χ1v) is 9.07. The van der Waals surface area contributed by atoms with Gasteiger partial charge in [-0.2, -0.15) is 0 Å². The van der Waals surface area contributed by atoms with Crippen LogP contribution in [-0.4, -0.2) is 19.4 Å². The van der Waals surface area contributed by atoms with E-state index in [1.165, 1.54) is 19.0 Å². The van der Waals surface area contributed by atoms with Gasteiger partial charge in [-0.05, 0) is 62.7 Å². The predicted octanol–water partition coefficient (Wildman–Crippen LogP) is 4.31. The second-order valence-corrected chi connectivity index (χ2v) is 8.68. The number of fused-ring (bicyclic) bond motifs is 3. The Balaban J connectivity index is 2.03. The average Bonchev–Trinajstić information content (AvgIpc) is 2.54. The highest BCUT2D eigenvalue weighted by atomic mass is 16.5. The van der Waals surface area contributed by atoms with Crippen molar-refractivity contribution in [2.75, 3.05) is 7.11 Å². The maximum atomic E-state index is 12.5. The molecule has 128 valence electrons. The Morgan fingerprint density at radius 3 is 2.61 bits per heavy atom. The van der Waals surface area contributed by atoms with Crippen LogP contribution < -0.4 is 0 Å². The first kappa shape index (κ1) is 16.7. The average molecular weight is 318 g/mol. The Kier molecular flexibility index (Phi) is 3.97. The molecule has 0 heterocycles. The second-order valence-electron chi connectivity index (χ2n) is 8.68. The van der Waals surface area contributed by atoms with Gasteiger partial charge in [-0.25, -0.2) is 0 Å². The normalized spacial score (nSPS) is 46.2. The van der Waals surface area contributed by atoms with Gasteiger partial charge >= 0.3 is 5.97 Å². The van der Waals surface area contributed by atoms with E-state index in [1.807, 2.05) is 0 Å². The number of carbonyl (C=O) groups is 2. The molecule has 0 saturated heterocycles. The van der Waals surface area contributed by atoms with Gasteiger partial charge in [0, 0.05) is 5.41 Å². The van der Waals surface area contributed by atoms with Gasteiger partial charge in [-0.15, -0.1) is 0 Å². The van der Waals surface area contributed by atoms with Crippen molar-refractivity contribution in [1.82, 2.24) is 0 Å². The number of rotatable bonds is 2. The van der Waals surface area contributed by atoms with Crippen molar-refractivity contribution in [2.45, 2.75) is 65.7 Å². The number of aldehydes is 1. The molecule has 0 spiro atoms. The number of methoxy groups -OCH3 is 1. The van der Waals surface area contributed by atoms with Crippen LogP contribution in [0.25, 0.3) is 0 Å². The zero-order chi connectivity index (χ0) is 16.9. The van der Waals surface area contributed by atoms with E-state index in [-0.39, 0.29) is 22.2 Å². The Morgan fingerprint density at radius 1 is 1.22 bits per heavy atom. The van der Waals surface area contributed by atoms with Crippen molar-refractivity contribution in [3.05, 3.63) is 11.6 Å². The quantitative estimate of drug-likeness (QED) is 0.433. The van der Waals surface area contributed by atoms with Gasteiger partial charge in [0.25, 0.3) is 0 Å². The molecular formula is C20H30O3. The molecule has 0 bridgehead atoms. The van der Waals surface area contributed by atoms with Gasteiger partial charge < -0.3 is 9.53 Å². The van der Waals surface area contributed by atoms with Crippen LogP contribution in [-0.2, 0) is 14.3 Å². The molecule has 0 unspecified atom stereocenters. The lowest BCUT2D eigenvalue weighted by Gasteiger charge is -2.59. The first-order chi connectivity index (χ1) is 10.8. The molecule has 3 heteroatoms. The summed E-state index contributed by atoms with van der Waals surface area (Å²) in [7, 11) is 1.51. The minimum atomic E-state index is -0.386. The number of carbonyl (C=O) groups excluding carboxylic acids is 2. The smallest absolute Gasteiger partial charge is 0.311 e. The summed E-state index contributed by atoms with van der Waals surface area (Å²) in [4.78, 5) is 24.3. The molecule has 0 radical (unpaired) electrons. The Hall–Kier alpha value is -1.12. The monoisotopic (exact) mass is 318 g/mol. The minimum absolute atomic E-state index is 0.0365. The van der Waals surface area contributed by atoms with Gasteiger partial charge in [-0.1, -0.05) is 31.9 Å². The molecule has 3 aliphatic rings. The number of hydrogen-bond acceptors (Lipinski definition) is 3. The summed E-state index contributed by atoms with van der Waals surface area (Å²) >= 11 is 0. The van der Waals surface area contributed by atoms with Crippen molar-refractivity contribution in [1.29, 1.82) is 0 Å². The van der Waals surface area contributed by atoms with Crippen LogP contribution in [0.2, 0.25) is 0 Å². The topological polar surface area (TPSA) is 43.4 Å². The third-order valence-electron chi connectivity index (χ3n) is 7.47. The molecule has 0 aliphatic heterocycles. The molecule has 0 N–H and O–H groups in total. The van der Waals surface area contributed by atoms with Crippen molar-refractivity contribution < 1.29 is 14.3 Å². The van der Waals surface area contributed by atoms with E-state index in [0.29, 0.717) is 11.8 Å². The van der Waals surface area contributed by atoms with E-state index in [2.05, 4.69) is 26.8 Å². The van der Waals surface area contributed by atoms with Crippen LogP contribution >= 0.6 is 0 Å². The lowest BCUT2D eigenvalue weighted by molar-refractivity contribution is -0.165. The zero-order valence-corrected chi connectivity index (χ0v) is 15.0. The van der Waals surface area contributed by atoms with Crippen LogP contribution in [0.3, 0.4) is 0 Å². The summed E-state index contributed by atoms with van der Waals surface area (Å²) in [6, 6.07) is 0. The van der Waals surface area contributed by atoms with E-state index >= 15 is 0 Å². The zero-order valence-electron chi connectivity index (χ0n) is 15.0. The Labute approximate surface area is 139 Å². The highest BCUT2D eigenvalue weighted by molar-refractivity contribution is 5.77. The van der Waals surface area contributed by atoms with Crippen LogP contribution in [0.1, 0.15) is 65.7 Å². The fourth-order valence-corrected chi connectivity index (χ4v) is 6.14. The molecule has 0 aromatic rings. The summed E-state index contributed by atoms with van der Waals surface area (Å²) in [5.74, 6) is 0.629. The van der Waals surface area contributed by atoms with E-state index in [4.69, 9.17) is 4.74 Å². The van der Waals surface area contributed by atoms with E-state index in [0.717, 1.165) is 44.9 Å². The molecule has 0 amide bonds. The SMILES string of the molecule is COC(=O)[C@]1(C)CCC[C@@]2(C)C3=CCC[C@](C)(C=O)[C@@H]3CC[C@H]12. The van der Waals surface area contributed by atoms with Crippen molar-refractivity contribution in [3.63, 3.8) is 0 Å². The number of hydrogen-bond donors (Lipinski definition) is 0. The number of esters is 1. The Morgan fingerprint density at radius 2 is 1.96 bits per heavy atom. The molecule has 0 aromatic carbocycles. The molecule has 23 heavy (non-hydrogen) atoms. The predicted molar refractivity (Wildman–Crippen MR) is 89.8 cm³/mol. The van der Waals surface area contributed by atoms with Crippen molar-refractivity contribution in [2.24, 2.45) is 28.1 Å². The lowest BCUT2D eigenvalue weighted by atomic mass is 9.44.